The number of hydrogen-bond acceptors (Lipinski definition) is 19. The van der Waals surface area contributed by atoms with Crippen LogP contribution in [-0.2, 0) is 33.2 Å². The van der Waals surface area contributed by atoms with Gasteiger partial charge in [-0.15, -0.1) is 0 Å². The van der Waals surface area contributed by atoms with Crippen LogP contribution >= 0.6 is 0 Å². The maximum atomic E-state index is 14.0. The molecule has 1 amide bonds. The normalized spacial score (nSPS) is 45.0. The Balaban J connectivity index is 1.56. The molecule has 0 aromatic carbocycles. The van der Waals surface area contributed by atoms with Gasteiger partial charge in [0.25, 0.3) is 11.8 Å². The number of aliphatic hydroxyl groups excluding tert-OH is 6. The largest absolute Gasteiger partial charge is 0.394 e. The van der Waals surface area contributed by atoms with Gasteiger partial charge in [-0.3, -0.25) is 4.79 Å². The molecule has 3 heterocycles. The standard InChI is InChI=1S/C28H53F2N7O13/c1-36-6-9-2-3-10(33)25(45-9)48-20-11(34)4-12(37-24(44)23(43)28(29,30)8-32)16(39)22(20)50-27-19(42)21(14(7-38)47-27)49-26-15(35)18(41)17(40)13(5-31)46-26/h9-23,25-27,36,38-43H,2-8,31-35H2,1H3,(H,37,44)/t9-,10+,11-,12+,13-,14+,15+,16-,17+,18+,19+,20+,21+,22+,23?,25+,26+,27-/m0/s1. The number of carbonyl (C=O) groups is 1. The third-order valence-electron chi connectivity index (χ3n) is 9.52. The fraction of sp³-hybridized carbons (Fsp3) is 0.964. The molecule has 1 aliphatic carbocycles. The second-order valence-corrected chi connectivity index (χ2v) is 13.2. The quantitative estimate of drug-likeness (QED) is 0.0788. The maximum Gasteiger partial charge on any atom is 0.294 e. The summed E-state index contributed by atoms with van der Waals surface area (Å²) in [6.45, 7) is -1.81. The zero-order valence-electron chi connectivity index (χ0n) is 27.5. The summed E-state index contributed by atoms with van der Waals surface area (Å²) in [4.78, 5) is 12.6. The predicted octanol–water partition coefficient (Wildman–Crippen LogP) is -7.46. The van der Waals surface area contributed by atoms with Crippen LogP contribution in [-0.4, -0.2) is 186 Å². The zero-order valence-corrected chi connectivity index (χ0v) is 27.5. The lowest BCUT2D eigenvalue weighted by atomic mass is 9.83. The Bertz CT molecular complexity index is 1090. The molecule has 0 radical (unpaired) electrons. The number of aliphatic hydroxyl groups is 6. The van der Waals surface area contributed by atoms with E-state index in [0.29, 0.717) is 19.4 Å². The van der Waals surface area contributed by atoms with Crippen molar-refractivity contribution in [1.29, 1.82) is 0 Å². The van der Waals surface area contributed by atoms with Gasteiger partial charge in [-0.25, -0.2) is 8.78 Å². The fourth-order valence-electron chi connectivity index (χ4n) is 6.53. The minimum Gasteiger partial charge on any atom is -0.394 e. The SMILES string of the molecule is CNC[C@@H]1CC[C@@H](N)[C@@H](O[C@H]2[C@H](O[C@@H]3O[C@H](CO)[C@@H](O[C@H]4O[C@@H](CN)[C@@H](O)[C@H](O)[C@H]4N)[C@H]3O)[C@@H](O)[C@H](NC(=O)C(O)C(F)(F)CN)C[C@@H]2N)O1. The summed E-state index contributed by atoms with van der Waals surface area (Å²) in [6, 6.07) is -4.42. The molecule has 0 spiro atoms. The number of nitrogens with two attached hydrogens (primary N) is 5. The van der Waals surface area contributed by atoms with Crippen LogP contribution in [0.1, 0.15) is 19.3 Å². The highest BCUT2D eigenvalue weighted by atomic mass is 19.3. The van der Waals surface area contributed by atoms with Crippen molar-refractivity contribution in [3.8, 4) is 0 Å². The van der Waals surface area contributed by atoms with Crippen molar-refractivity contribution < 1.29 is 72.6 Å². The molecule has 4 rings (SSSR count). The molecule has 0 aromatic rings. The first-order valence-electron chi connectivity index (χ1n) is 16.5. The number of halogens is 2. The average Bonchev–Trinajstić information content (AvgIpc) is 3.39. The summed E-state index contributed by atoms with van der Waals surface area (Å²) in [5.74, 6) is -5.52. The Morgan fingerprint density at radius 3 is 2.12 bits per heavy atom. The number of hydrogen-bond donors (Lipinski definition) is 13. The van der Waals surface area contributed by atoms with Crippen LogP contribution < -0.4 is 39.3 Å². The molecule has 1 unspecified atom stereocenters. The van der Waals surface area contributed by atoms with Gasteiger partial charge in [0, 0.05) is 19.1 Å². The lowest BCUT2D eigenvalue weighted by molar-refractivity contribution is -0.290. The van der Waals surface area contributed by atoms with Gasteiger partial charge >= 0.3 is 0 Å². The van der Waals surface area contributed by atoms with E-state index in [0.717, 1.165) is 0 Å². The molecule has 18 N–H and O–H groups in total. The van der Waals surface area contributed by atoms with Crippen LogP contribution in [0, 0.1) is 0 Å². The third-order valence-corrected chi connectivity index (χ3v) is 9.52. The Labute approximate surface area is 286 Å². The molecule has 4 fully saturated rings. The molecule has 0 bridgehead atoms. The van der Waals surface area contributed by atoms with Crippen molar-refractivity contribution in [3.05, 3.63) is 0 Å². The second-order valence-electron chi connectivity index (χ2n) is 13.2. The Hall–Kier alpha value is -1.39. The Morgan fingerprint density at radius 1 is 0.860 bits per heavy atom. The van der Waals surface area contributed by atoms with E-state index < -0.39 is 129 Å². The first-order chi connectivity index (χ1) is 23.6. The van der Waals surface area contributed by atoms with Crippen molar-refractivity contribution in [2.75, 3.05) is 33.3 Å². The van der Waals surface area contributed by atoms with Gasteiger partial charge in [-0.1, -0.05) is 0 Å². The van der Waals surface area contributed by atoms with Crippen molar-refractivity contribution in [1.82, 2.24) is 10.6 Å². The summed E-state index contributed by atoms with van der Waals surface area (Å²) in [5, 5.41) is 68.6. The van der Waals surface area contributed by atoms with Crippen LogP contribution in [0.4, 0.5) is 8.78 Å². The zero-order chi connectivity index (χ0) is 37.1. The number of ether oxygens (including phenoxy) is 6. The van der Waals surface area contributed by atoms with E-state index in [1.807, 2.05) is 0 Å². The lowest BCUT2D eigenvalue weighted by Gasteiger charge is -2.46. The van der Waals surface area contributed by atoms with E-state index in [4.69, 9.17) is 57.1 Å². The highest BCUT2D eigenvalue weighted by molar-refractivity contribution is 5.82. The van der Waals surface area contributed by atoms with E-state index in [1.54, 1.807) is 7.05 Å². The summed E-state index contributed by atoms with van der Waals surface area (Å²) in [7, 11) is 1.74. The topological polar surface area (TPSA) is 348 Å². The van der Waals surface area contributed by atoms with Gasteiger partial charge < -0.3 is 98.4 Å². The number of alkyl halides is 2. The molecular weight excluding hydrogens is 680 g/mol. The molecule has 292 valence electrons. The van der Waals surface area contributed by atoms with Crippen LogP contribution in [0.25, 0.3) is 0 Å². The van der Waals surface area contributed by atoms with Gasteiger partial charge in [0.2, 0.25) is 0 Å². The van der Waals surface area contributed by atoms with Gasteiger partial charge in [-0.05, 0) is 26.3 Å². The molecule has 20 nitrogen and oxygen atoms in total. The van der Waals surface area contributed by atoms with Gasteiger partial charge in [0.15, 0.2) is 25.0 Å². The fourth-order valence-corrected chi connectivity index (χ4v) is 6.53. The first-order valence-corrected chi connectivity index (χ1v) is 16.5. The molecule has 18 atom stereocenters. The molecule has 1 saturated carbocycles. The van der Waals surface area contributed by atoms with Crippen molar-refractivity contribution in [3.63, 3.8) is 0 Å². The monoisotopic (exact) mass is 733 g/mol. The van der Waals surface area contributed by atoms with Crippen molar-refractivity contribution in [2.45, 2.75) is 135 Å². The van der Waals surface area contributed by atoms with E-state index in [-0.39, 0.29) is 19.1 Å². The number of nitrogens with one attached hydrogen (secondary N) is 2. The molecule has 50 heavy (non-hydrogen) atoms. The summed E-state index contributed by atoms with van der Waals surface area (Å²) in [6.07, 6.45) is -19.5. The molecule has 0 aromatic heterocycles. The first kappa shape index (κ1) is 41.4. The van der Waals surface area contributed by atoms with E-state index >= 15 is 0 Å². The number of carbonyl (C=O) groups excluding carboxylic acids is 1. The average molecular weight is 734 g/mol. The molecule has 3 saturated heterocycles. The minimum atomic E-state index is -3.98. The van der Waals surface area contributed by atoms with E-state index in [9.17, 15) is 44.2 Å². The van der Waals surface area contributed by atoms with Gasteiger partial charge in [0.1, 0.15) is 54.9 Å². The van der Waals surface area contributed by atoms with Crippen molar-refractivity contribution in [2.24, 2.45) is 28.7 Å². The molecular formula is C28H53F2N7O13. The van der Waals surface area contributed by atoms with Gasteiger partial charge in [-0.2, -0.15) is 0 Å². The summed E-state index contributed by atoms with van der Waals surface area (Å²) in [5.41, 5.74) is 29.4. The molecule has 4 aliphatic rings. The third kappa shape index (κ3) is 9.03. The lowest BCUT2D eigenvalue weighted by Crippen LogP contribution is -2.67. The molecule has 22 heteroatoms. The van der Waals surface area contributed by atoms with Crippen LogP contribution in [0.15, 0.2) is 0 Å². The van der Waals surface area contributed by atoms with Gasteiger partial charge in [0.05, 0.1) is 37.4 Å². The van der Waals surface area contributed by atoms with Crippen LogP contribution in [0.5, 0.6) is 0 Å². The Morgan fingerprint density at radius 2 is 1.50 bits per heavy atom. The summed E-state index contributed by atoms with van der Waals surface area (Å²) >= 11 is 0. The predicted molar refractivity (Wildman–Crippen MR) is 164 cm³/mol. The smallest absolute Gasteiger partial charge is 0.294 e. The second kappa shape index (κ2) is 17.6. The van der Waals surface area contributed by atoms with E-state index in [1.165, 1.54) is 0 Å². The highest BCUT2D eigenvalue weighted by Gasteiger charge is 2.54. The maximum absolute atomic E-state index is 14.0. The number of rotatable bonds is 14. The van der Waals surface area contributed by atoms with Crippen LogP contribution in [0.2, 0.25) is 0 Å². The van der Waals surface area contributed by atoms with Crippen molar-refractivity contribution >= 4 is 5.91 Å². The molecule has 3 aliphatic heterocycles. The summed E-state index contributed by atoms with van der Waals surface area (Å²) < 4.78 is 63.4. The Kier molecular flexibility index (Phi) is 14.6. The van der Waals surface area contributed by atoms with Crippen LogP contribution in [0.3, 0.4) is 0 Å². The van der Waals surface area contributed by atoms with E-state index in [2.05, 4.69) is 10.6 Å². The minimum absolute atomic E-state index is 0.215. The number of amides is 1. The highest BCUT2D eigenvalue weighted by Crippen LogP contribution is 2.35. The number of likely N-dealkylation sites (N-methyl/N-ethyl adjacent to an activating group) is 1.